The zero-order chi connectivity index (χ0) is 17.9. The van der Waals surface area contributed by atoms with E-state index < -0.39 is 0 Å². The smallest absolute Gasteiger partial charge is 0.243 e. The first-order valence-electron chi connectivity index (χ1n) is 9.18. The summed E-state index contributed by atoms with van der Waals surface area (Å²) < 4.78 is 8.30. The van der Waals surface area contributed by atoms with E-state index in [4.69, 9.17) is 14.7 Å². The van der Waals surface area contributed by atoms with Gasteiger partial charge in [0, 0.05) is 18.9 Å². The summed E-state index contributed by atoms with van der Waals surface area (Å²) in [6, 6.07) is 18.4. The summed E-state index contributed by atoms with van der Waals surface area (Å²) in [5.41, 5.74) is 4.02. The molecule has 2 heterocycles. The molecule has 4 nitrogen and oxygen atoms in total. The molecule has 0 radical (unpaired) electrons. The Morgan fingerprint density at radius 3 is 2.54 bits per heavy atom. The Bertz CT molecular complexity index is 1040. The fourth-order valence-electron chi connectivity index (χ4n) is 3.32. The number of benzene rings is 2. The molecule has 26 heavy (non-hydrogen) atoms. The van der Waals surface area contributed by atoms with Crippen molar-refractivity contribution in [2.24, 2.45) is 7.05 Å². The Kier molecular flexibility index (Phi) is 4.57. The van der Waals surface area contributed by atoms with E-state index in [2.05, 4.69) is 36.7 Å². The third-order valence-corrected chi connectivity index (χ3v) is 4.74. The predicted molar refractivity (Wildman–Crippen MR) is 105 cm³/mol. The Balaban J connectivity index is 1.82. The zero-order valence-corrected chi connectivity index (χ0v) is 15.3. The van der Waals surface area contributed by atoms with E-state index in [1.165, 1.54) is 0 Å². The molecule has 0 saturated heterocycles. The van der Waals surface area contributed by atoms with Gasteiger partial charge in [0.1, 0.15) is 12.4 Å². The molecular weight excluding hydrogens is 322 g/mol. The SMILES string of the molecule is CCCCc1nc2c(OCc3ccccc3)nc3ccccc3c2n1C. The molecule has 0 atom stereocenters. The Morgan fingerprint density at radius 2 is 1.73 bits per heavy atom. The summed E-state index contributed by atoms with van der Waals surface area (Å²) in [6.07, 6.45) is 3.25. The van der Waals surface area contributed by atoms with Gasteiger partial charge in [-0.25, -0.2) is 9.97 Å². The number of unbranched alkanes of at least 4 members (excludes halogenated alkanes) is 1. The molecule has 0 aliphatic carbocycles. The molecule has 4 aromatic rings. The number of ether oxygens (including phenoxy) is 1. The normalized spacial score (nSPS) is 11.3. The number of para-hydroxylation sites is 1. The molecule has 0 spiro atoms. The van der Waals surface area contributed by atoms with Crippen molar-refractivity contribution in [2.75, 3.05) is 0 Å². The van der Waals surface area contributed by atoms with Crippen LogP contribution in [0.1, 0.15) is 31.2 Å². The van der Waals surface area contributed by atoms with Crippen molar-refractivity contribution in [2.45, 2.75) is 32.8 Å². The lowest BCUT2D eigenvalue weighted by Crippen LogP contribution is -1.99. The van der Waals surface area contributed by atoms with Crippen LogP contribution in [-0.4, -0.2) is 14.5 Å². The summed E-state index contributed by atoms with van der Waals surface area (Å²) >= 11 is 0. The van der Waals surface area contributed by atoms with E-state index in [1.54, 1.807) is 0 Å². The van der Waals surface area contributed by atoms with Crippen molar-refractivity contribution in [1.29, 1.82) is 0 Å². The number of hydrogen-bond donors (Lipinski definition) is 0. The third kappa shape index (κ3) is 3.03. The molecular formula is C22H23N3O. The van der Waals surface area contributed by atoms with Gasteiger partial charge in [-0.15, -0.1) is 0 Å². The number of aryl methyl sites for hydroxylation is 2. The zero-order valence-electron chi connectivity index (χ0n) is 15.3. The van der Waals surface area contributed by atoms with Crippen LogP contribution < -0.4 is 4.74 Å². The number of rotatable bonds is 6. The highest BCUT2D eigenvalue weighted by Crippen LogP contribution is 2.31. The number of imidazole rings is 1. The molecule has 0 unspecified atom stereocenters. The molecule has 0 bridgehead atoms. The molecule has 0 aliphatic heterocycles. The van der Waals surface area contributed by atoms with Crippen molar-refractivity contribution in [3.8, 4) is 5.88 Å². The van der Waals surface area contributed by atoms with E-state index in [0.717, 1.165) is 52.6 Å². The molecule has 2 aromatic carbocycles. The van der Waals surface area contributed by atoms with E-state index in [9.17, 15) is 0 Å². The first-order chi connectivity index (χ1) is 12.8. The van der Waals surface area contributed by atoms with Gasteiger partial charge < -0.3 is 9.30 Å². The minimum absolute atomic E-state index is 0.488. The minimum atomic E-state index is 0.488. The maximum absolute atomic E-state index is 6.10. The van der Waals surface area contributed by atoms with Crippen molar-refractivity contribution < 1.29 is 4.74 Å². The van der Waals surface area contributed by atoms with Gasteiger partial charge in [0.25, 0.3) is 0 Å². The lowest BCUT2D eigenvalue weighted by atomic mass is 10.2. The standard InChI is InChI=1S/C22H23N3O/c1-3-4-14-19-24-20-21(25(19)2)17-12-8-9-13-18(17)23-22(20)26-15-16-10-6-5-7-11-16/h5-13H,3-4,14-15H2,1-2H3. The van der Waals surface area contributed by atoms with Gasteiger partial charge in [-0.05, 0) is 18.1 Å². The molecule has 0 aliphatic rings. The first kappa shape index (κ1) is 16.6. The minimum Gasteiger partial charge on any atom is -0.471 e. The van der Waals surface area contributed by atoms with Gasteiger partial charge in [0.2, 0.25) is 5.88 Å². The van der Waals surface area contributed by atoms with Gasteiger partial charge >= 0.3 is 0 Å². The Labute approximate surface area is 153 Å². The van der Waals surface area contributed by atoms with Gasteiger partial charge in [-0.3, -0.25) is 0 Å². The van der Waals surface area contributed by atoms with Crippen LogP contribution in [0.3, 0.4) is 0 Å². The fraction of sp³-hybridized carbons (Fsp3) is 0.273. The molecule has 4 heteroatoms. The van der Waals surface area contributed by atoms with Gasteiger partial charge in [0.05, 0.1) is 11.0 Å². The van der Waals surface area contributed by atoms with E-state index in [0.29, 0.717) is 12.5 Å². The van der Waals surface area contributed by atoms with Gasteiger partial charge in [0.15, 0.2) is 5.52 Å². The fourth-order valence-corrected chi connectivity index (χ4v) is 3.32. The molecule has 0 fully saturated rings. The van der Waals surface area contributed by atoms with Crippen LogP contribution >= 0.6 is 0 Å². The summed E-state index contributed by atoms with van der Waals surface area (Å²) in [6.45, 7) is 2.69. The van der Waals surface area contributed by atoms with E-state index >= 15 is 0 Å². The van der Waals surface area contributed by atoms with E-state index in [1.807, 2.05) is 36.4 Å². The van der Waals surface area contributed by atoms with Crippen molar-refractivity contribution in [3.63, 3.8) is 0 Å². The van der Waals surface area contributed by atoms with Crippen LogP contribution in [0.15, 0.2) is 54.6 Å². The number of fused-ring (bicyclic) bond motifs is 3. The van der Waals surface area contributed by atoms with Gasteiger partial charge in [-0.1, -0.05) is 61.9 Å². The number of pyridine rings is 1. The molecule has 4 rings (SSSR count). The average Bonchev–Trinajstić information content (AvgIpc) is 3.02. The van der Waals surface area contributed by atoms with Crippen molar-refractivity contribution in [3.05, 3.63) is 66.0 Å². The van der Waals surface area contributed by atoms with Crippen LogP contribution in [0.4, 0.5) is 0 Å². The summed E-state index contributed by atoms with van der Waals surface area (Å²) in [7, 11) is 2.09. The second kappa shape index (κ2) is 7.16. The molecule has 2 aromatic heterocycles. The van der Waals surface area contributed by atoms with Gasteiger partial charge in [-0.2, -0.15) is 0 Å². The lowest BCUT2D eigenvalue weighted by Gasteiger charge is -2.09. The highest BCUT2D eigenvalue weighted by atomic mass is 16.5. The third-order valence-electron chi connectivity index (χ3n) is 4.74. The van der Waals surface area contributed by atoms with Crippen LogP contribution in [-0.2, 0) is 20.1 Å². The Morgan fingerprint density at radius 1 is 0.962 bits per heavy atom. The lowest BCUT2D eigenvalue weighted by molar-refractivity contribution is 0.298. The second-order valence-corrected chi connectivity index (χ2v) is 6.60. The quantitative estimate of drug-likeness (QED) is 0.491. The predicted octanol–water partition coefficient (Wildman–Crippen LogP) is 5.04. The van der Waals surface area contributed by atoms with Crippen LogP contribution in [0.2, 0.25) is 0 Å². The molecule has 0 N–H and O–H groups in total. The highest BCUT2D eigenvalue weighted by Gasteiger charge is 2.17. The highest BCUT2D eigenvalue weighted by molar-refractivity contribution is 6.04. The Hall–Kier alpha value is -2.88. The van der Waals surface area contributed by atoms with Crippen LogP contribution in [0.5, 0.6) is 5.88 Å². The summed E-state index contributed by atoms with van der Waals surface area (Å²) in [4.78, 5) is 9.64. The van der Waals surface area contributed by atoms with E-state index in [-0.39, 0.29) is 0 Å². The molecule has 0 saturated carbocycles. The average molecular weight is 345 g/mol. The summed E-state index contributed by atoms with van der Waals surface area (Å²) in [5.74, 6) is 1.70. The van der Waals surface area contributed by atoms with Crippen molar-refractivity contribution in [1.82, 2.24) is 14.5 Å². The molecule has 0 amide bonds. The van der Waals surface area contributed by atoms with Crippen LogP contribution in [0.25, 0.3) is 21.9 Å². The van der Waals surface area contributed by atoms with Crippen molar-refractivity contribution >= 4 is 21.9 Å². The number of nitrogens with zero attached hydrogens (tertiary/aromatic N) is 3. The maximum Gasteiger partial charge on any atom is 0.243 e. The largest absolute Gasteiger partial charge is 0.471 e. The second-order valence-electron chi connectivity index (χ2n) is 6.60. The topological polar surface area (TPSA) is 39.9 Å². The molecule has 132 valence electrons. The monoisotopic (exact) mass is 345 g/mol. The maximum atomic E-state index is 6.10. The summed E-state index contributed by atoms with van der Waals surface area (Å²) in [5, 5.41) is 1.12. The number of aromatic nitrogens is 3. The number of hydrogen-bond acceptors (Lipinski definition) is 3. The van der Waals surface area contributed by atoms with Crippen LogP contribution in [0, 0.1) is 0 Å². The first-order valence-corrected chi connectivity index (χ1v) is 9.18.